The van der Waals surface area contributed by atoms with Crippen LogP contribution in [0.4, 0.5) is 26.3 Å². The SMILES string of the molecule is CCO.O/C=C/c1ccc2c(c1)CCCC2OCc1cc(C(F)(F)F)cc(C(F)(F)F)c1.[Y]. The van der Waals surface area contributed by atoms with Crippen LogP contribution in [0.1, 0.15) is 59.3 Å². The molecular formula is C23H24F6O3Y. The number of aliphatic hydroxyl groups excluding tert-OH is 2. The maximum Gasteiger partial charge on any atom is 0.416 e. The number of fused-ring (bicyclic) bond motifs is 1. The first-order valence-electron chi connectivity index (χ1n) is 9.94. The Morgan fingerprint density at radius 3 is 2.09 bits per heavy atom. The van der Waals surface area contributed by atoms with Gasteiger partial charge in [0, 0.05) is 39.3 Å². The third kappa shape index (κ3) is 8.70. The van der Waals surface area contributed by atoms with E-state index in [0.717, 1.165) is 35.8 Å². The van der Waals surface area contributed by atoms with Crippen LogP contribution in [0.15, 0.2) is 42.7 Å². The predicted octanol–water partition coefficient (Wildman–Crippen LogP) is 6.84. The zero-order valence-electron chi connectivity index (χ0n) is 17.9. The maximum atomic E-state index is 13.0. The van der Waals surface area contributed by atoms with E-state index in [2.05, 4.69) is 0 Å². The molecule has 0 saturated heterocycles. The summed E-state index contributed by atoms with van der Waals surface area (Å²) in [6, 6.07) is 6.93. The third-order valence-electron chi connectivity index (χ3n) is 4.79. The van der Waals surface area contributed by atoms with Gasteiger partial charge in [-0.1, -0.05) is 18.2 Å². The standard InChI is InChI=1S/C21H18F6O2.C2H6O.Y/c22-20(23,24)16-9-14(10-17(11-16)21(25,26)27)12-29-19-3-1-2-15-8-13(6-7-28)4-5-18(15)19;1-2-3;/h4-11,19,28H,1-3,12H2;3H,2H2,1H3;/b7-6+;;. The summed E-state index contributed by atoms with van der Waals surface area (Å²) in [5.41, 5.74) is -0.254. The van der Waals surface area contributed by atoms with Gasteiger partial charge in [0.2, 0.25) is 0 Å². The molecule has 3 rings (SSSR count). The number of aliphatic hydroxyl groups is 2. The fraction of sp³-hybridized carbons (Fsp3) is 0.391. The zero-order chi connectivity index (χ0) is 23.9. The van der Waals surface area contributed by atoms with Gasteiger partial charge in [0.1, 0.15) is 0 Å². The van der Waals surface area contributed by atoms with Crippen LogP contribution in [0.2, 0.25) is 0 Å². The summed E-state index contributed by atoms with van der Waals surface area (Å²) in [5.74, 6) is 0. The van der Waals surface area contributed by atoms with E-state index in [1.807, 2.05) is 12.1 Å². The molecule has 33 heavy (non-hydrogen) atoms. The molecule has 1 radical (unpaired) electrons. The van der Waals surface area contributed by atoms with Gasteiger partial charge in [-0.15, -0.1) is 0 Å². The number of hydrogen-bond acceptors (Lipinski definition) is 3. The monoisotopic (exact) mass is 551 g/mol. The third-order valence-corrected chi connectivity index (χ3v) is 4.79. The van der Waals surface area contributed by atoms with Crippen LogP contribution < -0.4 is 0 Å². The van der Waals surface area contributed by atoms with Gasteiger partial charge >= 0.3 is 12.4 Å². The Morgan fingerprint density at radius 1 is 1.00 bits per heavy atom. The van der Waals surface area contributed by atoms with Crippen molar-refractivity contribution < 1.29 is 74.0 Å². The number of aryl methyl sites for hydroxylation is 1. The normalized spacial score (nSPS) is 15.9. The van der Waals surface area contributed by atoms with Crippen LogP contribution in [0.3, 0.4) is 0 Å². The molecule has 0 aromatic heterocycles. The Hall–Kier alpha value is -1.42. The van der Waals surface area contributed by atoms with Crippen molar-refractivity contribution in [3.05, 3.63) is 76.0 Å². The molecule has 179 valence electrons. The first kappa shape index (κ1) is 29.6. The second kappa shape index (κ2) is 12.9. The number of alkyl halides is 6. The van der Waals surface area contributed by atoms with Gasteiger partial charge in [-0.2, -0.15) is 26.3 Å². The van der Waals surface area contributed by atoms with Crippen LogP contribution in [0, 0.1) is 0 Å². The van der Waals surface area contributed by atoms with Crippen molar-refractivity contribution >= 4 is 6.08 Å². The molecule has 1 aliphatic carbocycles. The zero-order valence-corrected chi connectivity index (χ0v) is 20.7. The number of benzene rings is 2. The van der Waals surface area contributed by atoms with Crippen LogP contribution in [-0.2, 0) is 62.8 Å². The molecular weight excluding hydrogens is 527 g/mol. The smallest absolute Gasteiger partial charge is 0.416 e. The molecule has 0 bridgehead atoms. The van der Waals surface area contributed by atoms with E-state index in [0.29, 0.717) is 18.6 Å². The van der Waals surface area contributed by atoms with Crippen molar-refractivity contribution in [2.75, 3.05) is 6.61 Å². The van der Waals surface area contributed by atoms with E-state index >= 15 is 0 Å². The van der Waals surface area contributed by atoms with Crippen LogP contribution in [-0.4, -0.2) is 16.8 Å². The molecule has 0 saturated carbocycles. The summed E-state index contributed by atoms with van der Waals surface area (Å²) in [7, 11) is 0. The first-order valence-corrected chi connectivity index (χ1v) is 9.94. The Balaban J connectivity index is 0.00000129. The van der Waals surface area contributed by atoms with Gasteiger partial charge in [-0.05, 0) is 72.7 Å². The second-order valence-corrected chi connectivity index (χ2v) is 7.20. The maximum absolute atomic E-state index is 13.0. The Kier molecular flexibility index (Phi) is 11.6. The minimum Gasteiger partial charge on any atom is -0.516 e. The predicted molar refractivity (Wildman–Crippen MR) is 108 cm³/mol. The number of halogens is 6. The minimum absolute atomic E-state index is 0. The Bertz CT molecular complexity index is 893. The second-order valence-electron chi connectivity index (χ2n) is 7.20. The molecule has 1 aliphatic rings. The average Bonchev–Trinajstić information content (AvgIpc) is 2.71. The van der Waals surface area contributed by atoms with Crippen molar-refractivity contribution in [2.45, 2.75) is 51.2 Å². The molecule has 2 aromatic carbocycles. The Morgan fingerprint density at radius 2 is 1.58 bits per heavy atom. The molecule has 0 amide bonds. The average molecular weight is 551 g/mol. The fourth-order valence-electron chi connectivity index (χ4n) is 3.45. The summed E-state index contributed by atoms with van der Waals surface area (Å²) in [6.45, 7) is 1.56. The quantitative estimate of drug-likeness (QED) is 0.323. The summed E-state index contributed by atoms with van der Waals surface area (Å²) >= 11 is 0. The van der Waals surface area contributed by atoms with Gasteiger partial charge in [0.05, 0.1) is 30.1 Å². The summed E-state index contributed by atoms with van der Waals surface area (Å²) in [6.07, 6.45) is -5.57. The van der Waals surface area contributed by atoms with Crippen LogP contribution in [0.25, 0.3) is 6.08 Å². The summed E-state index contributed by atoms with van der Waals surface area (Å²) in [5, 5.41) is 16.4. The van der Waals surface area contributed by atoms with Gasteiger partial charge in [-0.25, -0.2) is 0 Å². The largest absolute Gasteiger partial charge is 0.516 e. The van der Waals surface area contributed by atoms with E-state index in [1.165, 1.54) is 6.08 Å². The molecule has 0 heterocycles. The molecule has 10 heteroatoms. The number of ether oxygens (including phenoxy) is 1. The van der Waals surface area contributed by atoms with Gasteiger partial charge in [0.15, 0.2) is 0 Å². The van der Waals surface area contributed by atoms with Crippen molar-refractivity contribution in [3.63, 3.8) is 0 Å². The van der Waals surface area contributed by atoms with Crippen molar-refractivity contribution in [2.24, 2.45) is 0 Å². The Labute approximate surface area is 213 Å². The molecule has 2 aromatic rings. The van der Waals surface area contributed by atoms with Gasteiger partial charge < -0.3 is 14.9 Å². The molecule has 1 unspecified atom stereocenters. The van der Waals surface area contributed by atoms with E-state index in [4.69, 9.17) is 14.9 Å². The van der Waals surface area contributed by atoms with Crippen LogP contribution >= 0.6 is 0 Å². The van der Waals surface area contributed by atoms with E-state index in [9.17, 15) is 26.3 Å². The van der Waals surface area contributed by atoms with E-state index < -0.39 is 29.6 Å². The van der Waals surface area contributed by atoms with E-state index in [1.54, 1.807) is 13.0 Å². The molecule has 3 nitrogen and oxygen atoms in total. The molecule has 2 N–H and O–H groups in total. The van der Waals surface area contributed by atoms with Gasteiger partial charge in [-0.3, -0.25) is 0 Å². The molecule has 0 spiro atoms. The summed E-state index contributed by atoms with van der Waals surface area (Å²) < 4.78 is 83.7. The topological polar surface area (TPSA) is 49.7 Å². The van der Waals surface area contributed by atoms with Crippen molar-refractivity contribution in [3.8, 4) is 0 Å². The number of rotatable bonds is 4. The molecule has 0 fully saturated rings. The van der Waals surface area contributed by atoms with E-state index in [-0.39, 0.29) is 57.6 Å². The number of hydrogen-bond donors (Lipinski definition) is 2. The first-order chi connectivity index (χ1) is 15.0. The molecule has 1 atom stereocenters. The summed E-state index contributed by atoms with van der Waals surface area (Å²) in [4.78, 5) is 0. The van der Waals surface area contributed by atoms with Gasteiger partial charge in [0.25, 0.3) is 0 Å². The van der Waals surface area contributed by atoms with Crippen molar-refractivity contribution in [1.29, 1.82) is 0 Å². The minimum atomic E-state index is -4.88. The van der Waals surface area contributed by atoms with Crippen molar-refractivity contribution in [1.82, 2.24) is 0 Å². The molecule has 0 aliphatic heterocycles. The van der Waals surface area contributed by atoms with Crippen LogP contribution in [0.5, 0.6) is 0 Å². The fourth-order valence-corrected chi connectivity index (χ4v) is 3.45.